The molecular formula is C30H52Cu2I2N4. The van der Waals surface area contributed by atoms with Crippen LogP contribution in [0.1, 0.15) is 89.9 Å². The van der Waals surface area contributed by atoms with Gasteiger partial charge >= 0.3 is 66.2 Å². The van der Waals surface area contributed by atoms with E-state index in [1.807, 2.05) is 0 Å². The van der Waals surface area contributed by atoms with E-state index in [4.69, 9.17) is 0 Å². The van der Waals surface area contributed by atoms with Crippen LogP contribution in [-0.4, -0.2) is 96.1 Å². The van der Waals surface area contributed by atoms with Gasteiger partial charge < -0.3 is 0 Å². The summed E-state index contributed by atoms with van der Waals surface area (Å²) in [6.45, 7) is 11.4. The number of halogens is 2. The van der Waals surface area contributed by atoms with E-state index >= 15 is 0 Å². The van der Waals surface area contributed by atoms with Gasteiger partial charge in [0.15, 0.2) is 0 Å². The summed E-state index contributed by atoms with van der Waals surface area (Å²) < 4.78 is 0. The molecule has 8 rings (SSSR count). The zero-order chi connectivity index (χ0) is 26.5. The molecule has 0 spiro atoms. The third-order valence-corrected chi connectivity index (χ3v) is 11.9. The molecule has 0 amide bonds. The van der Waals surface area contributed by atoms with Gasteiger partial charge in [-0.2, -0.15) is 0 Å². The monoisotopic (exact) mass is 848 g/mol. The van der Waals surface area contributed by atoms with E-state index in [9.17, 15) is 0 Å². The Morgan fingerprint density at radius 3 is 0.842 bits per heavy atom. The molecule has 8 fully saturated rings. The van der Waals surface area contributed by atoms with Gasteiger partial charge in [-0.3, -0.25) is 19.6 Å². The quantitative estimate of drug-likeness (QED) is 0.205. The average molecular weight is 850 g/mol. The summed E-state index contributed by atoms with van der Waals surface area (Å²) in [6, 6.07) is 3.84. The van der Waals surface area contributed by atoms with Gasteiger partial charge in [0.25, 0.3) is 0 Å². The summed E-state index contributed by atoms with van der Waals surface area (Å²) in [5, 5.41) is 0. The molecule has 8 aliphatic rings. The van der Waals surface area contributed by atoms with E-state index in [2.05, 4.69) is 45.1 Å². The number of hydrogen-bond acceptors (Lipinski definition) is 4. The van der Waals surface area contributed by atoms with Crippen LogP contribution >= 0.6 is 40.7 Å². The minimum atomic E-state index is 0.961. The Morgan fingerprint density at radius 1 is 0.368 bits per heavy atom. The fourth-order valence-corrected chi connectivity index (χ4v) is 10.5. The maximum atomic E-state index is 4.16. The van der Waals surface area contributed by atoms with Gasteiger partial charge in [0, 0.05) is 50.3 Å². The van der Waals surface area contributed by atoms with Crippen LogP contribution in [-0.2, 0) is 25.5 Å². The molecule has 0 radical (unpaired) electrons. The van der Waals surface area contributed by atoms with Gasteiger partial charge in [0.1, 0.15) is 0 Å². The summed E-state index contributed by atoms with van der Waals surface area (Å²) in [7, 11) is 0. The van der Waals surface area contributed by atoms with Crippen LogP contribution in [0.25, 0.3) is 0 Å². The minimum absolute atomic E-state index is 0.961. The molecule has 0 aliphatic carbocycles. The Kier molecular flexibility index (Phi) is 13.3. The molecule has 228 valence electrons. The van der Waals surface area contributed by atoms with Crippen molar-refractivity contribution in [1.29, 1.82) is 0 Å². The predicted octanol–water partition coefficient (Wildman–Crippen LogP) is 6.46. The van der Waals surface area contributed by atoms with Gasteiger partial charge in [0.05, 0.1) is 0 Å². The van der Waals surface area contributed by atoms with E-state index in [0.717, 1.165) is 47.8 Å². The topological polar surface area (TPSA) is 13.0 Å². The van der Waals surface area contributed by atoms with Crippen molar-refractivity contribution < 1.29 is 25.5 Å². The van der Waals surface area contributed by atoms with Crippen LogP contribution in [0, 0.1) is 23.7 Å². The predicted molar refractivity (Wildman–Crippen MR) is 168 cm³/mol. The molecule has 4 nitrogen and oxygen atoms in total. The van der Waals surface area contributed by atoms with Crippen LogP contribution in [0.4, 0.5) is 0 Å². The fraction of sp³-hybridized carbons (Fsp3) is 1.00. The first kappa shape index (κ1) is 31.8. The van der Waals surface area contributed by atoms with Crippen molar-refractivity contribution in [2.75, 3.05) is 52.4 Å². The third kappa shape index (κ3) is 7.17. The number of fused-ring (bicyclic) bond motifs is 12. The van der Waals surface area contributed by atoms with E-state index < -0.39 is 0 Å². The molecule has 0 aromatic heterocycles. The molecule has 4 bridgehead atoms. The zero-order valence-electron chi connectivity index (χ0n) is 23.3. The summed E-state index contributed by atoms with van der Waals surface area (Å²) >= 11 is 11.7. The maximum absolute atomic E-state index is 4.16. The van der Waals surface area contributed by atoms with Gasteiger partial charge in [0.2, 0.25) is 0 Å². The van der Waals surface area contributed by atoms with E-state index in [0.29, 0.717) is 0 Å². The van der Waals surface area contributed by atoms with Crippen molar-refractivity contribution >= 4 is 40.7 Å². The number of rotatable bonds is 0. The van der Waals surface area contributed by atoms with Gasteiger partial charge in [-0.05, 0) is 114 Å². The molecule has 0 N–H and O–H groups in total. The molecule has 8 heterocycles. The van der Waals surface area contributed by atoms with Gasteiger partial charge in [-0.15, -0.1) is 0 Å². The molecule has 8 saturated heterocycles. The van der Waals surface area contributed by atoms with Crippen molar-refractivity contribution in [2.45, 2.75) is 114 Å². The second kappa shape index (κ2) is 15.9. The molecule has 8 heteroatoms. The van der Waals surface area contributed by atoms with Crippen molar-refractivity contribution in [2.24, 2.45) is 23.7 Å². The zero-order valence-corrected chi connectivity index (χ0v) is 29.5. The first-order valence-corrected chi connectivity index (χ1v) is 22.1. The standard InChI is InChI=1S/2C15H26N2.2Cu.2HI/c2*1-3-7-16-11-13-9-12(14(16)5-1)10-17-8-4-2-6-15(13)17;;;;/h2*12-15H,1-11H2;;;2*1H/q;;2*+1;;/p-2/t2*12-,13-,14-,15+;;;;/m00..../s1. The Hall–Kier alpha value is 2.34. The molecule has 8 aliphatic heterocycles. The van der Waals surface area contributed by atoms with Crippen LogP contribution in [0.15, 0.2) is 0 Å². The Bertz CT molecular complexity index is 606. The molecule has 38 heavy (non-hydrogen) atoms. The normalized spacial score (nSPS) is 42.7. The first-order valence-electron chi connectivity index (χ1n) is 16.0. The molecule has 0 saturated carbocycles. The van der Waals surface area contributed by atoms with Crippen LogP contribution < -0.4 is 0 Å². The summed E-state index contributed by atoms with van der Waals surface area (Å²) in [5.41, 5.74) is 0. The first-order chi connectivity index (χ1) is 18.8. The van der Waals surface area contributed by atoms with E-state index in [1.165, 1.54) is 129 Å². The van der Waals surface area contributed by atoms with Crippen LogP contribution in [0.3, 0.4) is 0 Å². The summed E-state index contributed by atoms with van der Waals surface area (Å²) in [4.78, 5) is 11.5. The van der Waals surface area contributed by atoms with Crippen molar-refractivity contribution in [3.05, 3.63) is 0 Å². The number of hydrogen-bond donors (Lipinski definition) is 0. The van der Waals surface area contributed by atoms with Crippen molar-refractivity contribution in [3.8, 4) is 0 Å². The van der Waals surface area contributed by atoms with E-state index in [-0.39, 0.29) is 0 Å². The second-order valence-corrected chi connectivity index (χ2v) is 13.7. The Balaban J connectivity index is 0.000000137. The summed E-state index contributed by atoms with van der Waals surface area (Å²) in [6.07, 6.45) is 20.9. The molecule has 0 unspecified atom stereocenters. The molecule has 8 atom stereocenters. The van der Waals surface area contributed by atoms with Crippen LogP contribution in [0.2, 0.25) is 0 Å². The van der Waals surface area contributed by atoms with E-state index in [1.54, 1.807) is 53.5 Å². The van der Waals surface area contributed by atoms with Gasteiger partial charge in [-0.1, -0.05) is 25.7 Å². The van der Waals surface area contributed by atoms with Crippen LogP contribution in [0.5, 0.6) is 0 Å². The number of nitrogens with zero attached hydrogens (tertiary/aromatic N) is 4. The van der Waals surface area contributed by atoms with Crippen molar-refractivity contribution in [1.82, 2.24) is 19.6 Å². The molecule has 0 aromatic carbocycles. The SMILES string of the molecule is C1CCN2C[C@@H]3C[C@@H](CN4CCCC[C@@H]34)[C@H]2C1.C1CCN2C[C@@H]3C[C@@H](CN4CCCC[C@@H]34)[C@H]2C1.[Cu][I].[Cu][I]. The fourth-order valence-electron chi connectivity index (χ4n) is 10.5. The van der Waals surface area contributed by atoms with Gasteiger partial charge in [-0.25, -0.2) is 0 Å². The van der Waals surface area contributed by atoms with Crippen molar-refractivity contribution in [3.63, 3.8) is 0 Å². The Morgan fingerprint density at radius 2 is 0.605 bits per heavy atom. The number of piperidine rings is 8. The second-order valence-electron chi connectivity index (χ2n) is 13.7. The average Bonchev–Trinajstić information content (AvgIpc) is 3.00. The third-order valence-electron chi connectivity index (χ3n) is 11.9. The Labute approximate surface area is 273 Å². The summed E-state index contributed by atoms with van der Waals surface area (Å²) in [5.74, 6) is 4.07. The molecule has 0 aromatic rings. The molecular weight excluding hydrogens is 797 g/mol.